The number of carbonyl (C=O) groups excluding carboxylic acids is 2. The Bertz CT molecular complexity index is 746. The molecule has 0 amide bonds. The maximum Gasteiger partial charge on any atom is 0.343 e. The molecule has 0 fully saturated rings. The van der Waals surface area contributed by atoms with Gasteiger partial charge in [0, 0.05) is 0 Å². The summed E-state index contributed by atoms with van der Waals surface area (Å²) in [4.78, 5) is 24.5. The lowest BCUT2D eigenvalue weighted by Gasteiger charge is -2.13. The van der Waals surface area contributed by atoms with Gasteiger partial charge < -0.3 is 18.9 Å². The van der Waals surface area contributed by atoms with Gasteiger partial charge in [-0.05, 0) is 36.8 Å². The molecule has 0 aliphatic carbocycles. The van der Waals surface area contributed by atoms with E-state index < -0.39 is 11.9 Å². The van der Waals surface area contributed by atoms with E-state index >= 15 is 0 Å². The van der Waals surface area contributed by atoms with Crippen molar-refractivity contribution in [3.05, 3.63) is 53.6 Å². The van der Waals surface area contributed by atoms with E-state index in [0.717, 1.165) is 12.8 Å². The van der Waals surface area contributed by atoms with Gasteiger partial charge in [-0.15, -0.1) is 0 Å². The van der Waals surface area contributed by atoms with Crippen molar-refractivity contribution in [3.8, 4) is 17.2 Å². The molecule has 0 bridgehead atoms. The first-order valence-electron chi connectivity index (χ1n) is 8.31. The highest BCUT2D eigenvalue weighted by Crippen LogP contribution is 2.37. The second-order valence-electron chi connectivity index (χ2n) is 5.45. The molecule has 0 heterocycles. The van der Waals surface area contributed by atoms with Crippen LogP contribution in [0.1, 0.15) is 40.5 Å². The van der Waals surface area contributed by atoms with Crippen LogP contribution in [0.3, 0.4) is 0 Å². The number of benzene rings is 2. The van der Waals surface area contributed by atoms with Crippen LogP contribution in [0.15, 0.2) is 42.5 Å². The Hall–Kier alpha value is -3.02. The minimum Gasteiger partial charge on any atom is -0.493 e. The monoisotopic (exact) mass is 358 g/mol. The van der Waals surface area contributed by atoms with Gasteiger partial charge in [0.05, 0.1) is 32.0 Å². The van der Waals surface area contributed by atoms with Crippen molar-refractivity contribution in [3.63, 3.8) is 0 Å². The molecule has 2 aromatic rings. The van der Waals surface area contributed by atoms with Gasteiger partial charge in [0.25, 0.3) is 0 Å². The quantitative estimate of drug-likeness (QED) is 0.405. The van der Waals surface area contributed by atoms with Crippen molar-refractivity contribution < 1.29 is 28.5 Å². The molecule has 0 saturated heterocycles. The Kier molecular flexibility index (Phi) is 7.02. The second-order valence-corrected chi connectivity index (χ2v) is 5.45. The Morgan fingerprint density at radius 1 is 0.885 bits per heavy atom. The summed E-state index contributed by atoms with van der Waals surface area (Å²) in [7, 11) is 2.94. The molecule has 0 radical (unpaired) electrons. The highest BCUT2D eigenvalue weighted by Gasteiger charge is 2.18. The Labute approximate surface area is 152 Å². The predicted octanol–water partition coefficient (Wildman–Crippen LogP) is 3.88. The summed E-state index contributed by atoms with van der Waals surface area (Å²) in [5.41, 5.74) is 0.519. The van der Waals surface area contributed by atoms with Crippen LogP contribution in [0.2, 0.25) is 0 Å². The molecular weight excluding hydrogens is 336 g/mol. The van der Waals surface area contributed by atoms with Gasteiger partial charge in [0.15, 0.2) is 11.5 Å². The minimum atomic E-state index is -0.629. The summed E-state index contributed by atoms with van der Waals surface area (Å²) < 4.78 is 21.0. The zero-order valence-corrected chi connectivity index (χ0v) is 15.1. The molecule has 138 valence electrons. The standard InChI is InChI=1S/C20H22O6/c1-4-5-12-25-19(21)14-8-6-9-15(13-14)20(22)26-18-16(23-2)10-7-11-17(18)24-3/h6-11,13H,4-5,12H2,1-3H3. The third kappa shape index (κ3) is 4.75. The number of hydrogen-bond acceptors (Lipinski definition) is 6. The van der Waals surface area contributed by atoms with Crippen molar-refractivity contribution in [2.24, 2.45) is 0 Å². The molecule has 0 atom stereocenters. The van der Waals surface area contributed by atoms with E-state index in [9.17, 15) is 9.59 Å². The fourth-order valence-corrected chi connectivity index (χ4v) is 2.24. The summed E-state index contributed by atoms with van der Waals surface area (Å²) in [5, 5.41) is 0. The molecule has 0 saturated carbocycles. The lowest BCUT2D eigenvalue weighted by molar-refractivity contribution is 0.0499. The Morgan fingerprint density at radius 3 is 2.04 bits per heavy atom. The molecule has 0 spiro atoms. The van der Waals surface area contributed by atoms with Gasteiger partial charge in [-0.3, -0.25) is 0 Å². The number of hydrogen-bond donors (Lipinski definition) is 0. The molecule has 0 unspecified atom stereocenters. The predicted molar refractivity (Wildman–Crippen MR) is 96.1 cm³/mol. The van der Waals surface area contributed by atoms with Crippen LogP contribution in [0, 0.1) is 0 Å². The summed E-state index contributed by atoms with van der Waals surface area (Å²) in [6, 6.07) is 11.2. The van der Waals surface area contributed by atoms with Gasteiger partial charge in [-0.2, -0.15) is 0 Å². The first-order valence-corrected chi connectivity index (χ1v) is 8.31. The highest BCUT2D eigenvalue weighted by atomic mass is 16.6. The molecule has 0 aliphatic rings. The average molecular weight is 358 g/mol. The molecule has 0 aromatic heterocycles. The summed E-state index contributed by atoms with van der Waals surface area (Å²) >= 11 is 0. The molecule has 26 heavy (non-hydrogen) atoms. The molecule has 6 heteroatoms. The lowest BCUT2D eigenvalue weighted by atomic mass is 10.1. The van der Waals surface area contributed by atoms with Gasteiger partial charge >= 0.3 is 11.9 Å². The fourth-order valence-electron chi connectivity index (χ4n) is 2.24. The minimum absolute atomic E-state index is 0.179. The number of esters is 2. The first-order chi connectivity index (χ1) is 12.6. The van der Waals surface area contributed by atoms with Crippen molar-refractivity contribution in [1.82, 2.24) is 0 Å². The fraction of sp³-hybridized carbons (Fsp3) is 0.300. The van der Waals surface area contributed by atoms with E-state index in [1.54, 1.807) is 36.4 Å². The summed E-state index contributed by atoms with van der Waals surface area (Å²) in [6.45, 7) is 2.36. The third-order valence-electron chi connectivity index (χ3n) is 3.64. The number of para-hydroxylation sites is 1. The third-order valence-corrected chi connectivity index (χ3v) is 3.64. The van der Waals surface area contributed by atoms with E-state index in [1.807, 2.05) is 6.92 Å². The van der Waals surface area contributed by atoms with Crippen LogP contribution in [0.4, 0.5) is 0 Å². The molecule has 2 aromatic carbocycles. The first kappa shape index (κ1) is 19.3. The zero-order valence-electron chi connectivity index (χ0n) is 15.1. The number of ether oxygens (including phenoxy) is 4. The van der Waals surface area contributed by atoms with Gasteiger partial charge in [0.1, 0.15) is 0 Å². The van der Waals surface area contributed by atoms with Gasteiger partial charge in [-0.25, -0.2) is 9.59 Å². The summed E-state index contributed by atoms with van der Waals surface area (Å²) in [6.07, 6.45) is 1.72. The lowest BCUT2D eigenvalue weighted by Crippen LogP contribution is -2.12. The van der Waals surface area contributed by atoms with E-state index in [2.05, 4.69) is 0 Å². The smallest absolute Gasteiger partial charge is 0.343 e. The molecule has 6 nitrogen and oxygen atoms in total. The Balaban J connectivity index is 2.18. The van der Waals surface area contributed by atoms with E-state index in [1.165, 1.54) is 20.3 Å². The normalized spacial score (nSPS) is 10.1. The average Bonchev–Trinajstić information content (AvgIpc) is 2.68. The SMILES string of the molecule is CCCCOC(=O)c1cccc(C(=O)Oc2c(OC)cccc2OC)c1. The zero-order chi connectivity index (χ0) is 18.9. The molecule has 2 rings (SSSR count). The van der Waals surface area contributed by atoms with E-state index in [0.29, 0.717) is 23.7 Å². The van der Waals surface area contributed by atoms with E-state index in [-0.39, 0.29) is 11.3 Å². The van der Waals surface area contributed by atoms with Crippen molar-refractivity contribution in [1.29, 1.82) is 0 Å². The van der Waals surface area contributed by atoms with Crippen molar-refractivity contribution >= 4 is 11.9 Å². The largest absolute Gasteiger partial charge is 0.493 e. The van der Waals surface area contributed by atoms with Crippen molar-refractivity contribution in [2.75, 3.05) is 20.8 Å². The topological polar surface area (TPSA) is 71.1 Å². The second kappa shape index (κ2) is 9.46. The van der Waals surface area contributed by atoms with Gasteiger partial charge in [0.2, 0.25) is 5.75 Å². The maximum atomic E-state index is 12.5. The van der Waals surface area contributed by atoms with Gasteiger partial charge in [-0.1, -0.05) is 25.5 Å². The number of rotatable bonds is 8. The highest BCUT2D eigenvalue weighted by molar-refractivity contribution is 5.96. The summed E-state index contributed by atoms with van der Waals surface area (Å²) in [5.74, 6) is -0.182. The number of methoxy groups -OCH3 is 2. The van der Waals surface area contributed by atoms with Crippen LogP contribution < -0.4 is 14.2 Å². The maximum absolute atomic E-state index is 12.5. The van der Waals surface area contributed by atoms with Crippen molar-refractivity contribution in [2.45, 2.75) is 19.8 Å². The van der Waals surface area contributed by atoms with Crippen LogP contribution >= 0.6 is 0 Å². The Morgan fingerprint density at radius 2 is 1.46 bits per heavy atom. The van der Waals surface area contributed by atoms with Crippen LogP contribution in [0.5, 0.6) is 17.2 Å². The van der Waals surface area contributed by atoms with Crippen LogP contribution in [0.25, 0.3) is 0 Å². The number of carbonyl (C=O) groups is 2. The van der Waals surface area contributed by atoms with E-state index in [4.69, 9.17) is 18.9 Å². The van der Waals surface area contributed by atoms with Crippen LogP contribution in [-0.4, -0.2) is 32.8 Å². The molecule has 0 aliphatic heterocycles. The molecule has 0 N–H and O–H groups in total. The molecular formula is C20H22O6. The van der Waals surface area contributed by atoms with Crippen LogP contribution in [-0.2, 0) is 4.74 Å². The number of unbranched alkanes of at least 4 members (excludes halogenated alkanes) is 1.